The molecule has 0 aromatic heterocycles. The predicted molar refractivity (Wildman–Crippen MR) is 91.0 cm³/mol. The number of aliphatic hydroxyl groups excluding tert-OH is 1. The van der Waals surface area contributed by atoms with Gasteiger partial charge in [-0.05, 0) is 0 Å². The summed E-state index contributed by atoms with van der Waals surface area (Å²) < 4.78 is 6.90. The molecule has 0 heterocycles. The van der Waals surface area contributed by atoms with E-state index in [4.69, 9.17) is 4.74 Å². The van der Waals surface area contributed by atoms with E-state index in [1.165, 1.54) is 4.46 Å². The van der Waals surface area contributed by atoms with Crippen molar-refractivity contribution in [2.45, 2.75) is 25.6 Å². The molecule has 2 rings (SSSR count). The normalized spacial score (nSPS) is 13.0. The Bertz CT molecular complexity index is 602. The van der Waals surface area contributed by atoms with Gasteiger partial charge in [-0.2, -0.15) is 0 Å². The fourth-order valence-corrected chi connectivity index (χ4v) is 3.29. The molecule has 1 N–H and O–H groups in total. The third kappa shape index (κ3) is 5.67. The fourth-order valence-electron chi connectivity index (χ4n) is 2.03. The van der Waals surface area contributed by atoms with Crippen LogP contribution in [-0.4, -0.2) is 32.8 Å². The Morgan fingerprint density at radius 3 is 2.32 bits per heavy atom. The van der Waals surface area contributed by atoms with E-state index in [1.807, 2.05) is 55.5 Å². The average Bonchev–Trinajstić information content (AvgIpc) is 2.57. The molecule has 2 aromatic rings. The zero-order chi connectivity index (χ0) is 15.6. The van der Waals surface area contributed by atoms with E-state index in [-0.39, 0.29) is 21.1 Å². The Balaban J connectivity index is 1.95. The van der Waals surface area contributed by atoms with E-state index in [9.17, 15) is 5.11 Å². The van der Waals surface area contributed by atoms with Crippen LogP contribution in [0.4, 0.5) is 0 Å². The maximum absolute atomic E-state index is 10.3. The third-order valence-corrected chi connectivity index (χ3v) is 4.65. The van der Waals surface area contributed by atoms with Crippen molar-refractivity contribution < 1.29 is 9.84 Å². The van der Waals surface area contributed by atoms with Gasteiger partial charge in [0, 0.05) is 0 Å². The Hall–Kier alpha value is -1.56. The second-order valence-corrected chi connectivity index (χ2v) is 6.61. The standard InChI is InChI=1S/C19H20O2Se/c1-2-21-17(13-14-22-18-11-7-4-8-12-18)15-19(20)16-9-5-3-6-10-16/h3-12,17,19-20H,2,15H2,1H3/t17-,19-/m0/s1. The molecule has 0 aliphatic heterocycles. The van der Waals surface area contributed by atoms with Gasteiger partial charge in [0.05, 0.1) is 0 Å². The molecule has 2 aromatic carbocycles. The van der Waals surface area contributed by atoms with Gasteiger partial charge in [-0.15, -0.1) is 0 Å². The van der Waals surface area contributed by atoms with E-state index in [2.05, 4.69) is 22.9 Å². The molecule has 2 nitrogen and oxygen atoms in total. The molecule has 0 bridgehead atoms. The van der Waals surface area contributed by atoms with Gasteiger partial charge >= 0.3 is 138 Å². The number of rotatable bonds is 6. The molecule has 0 aliphatic carbocycles. The van der Waals surface area contributed by atoms with Crippen molar-refractivity contribution in [1.29, 1.82) is 0 Å². The first-order valence-corrected chi connectivity index (χ1v) is 9.08. The van der Waals surface area contributed by atoms with Crippen LogP contribution in [0.15, 0.2) is 60.7 Å². The molecule has 0 saturated carbocycles. The first-order valence-electron chi connectivity index (χ1n) is 7.36. The average molecular weight is 359 g/mol. The third-order valence-electron chi connectivity index (χ3n) is 3.12. The molecule has 3 heteroatoms. The van der Waals surface area contributed by atoms with Crippen LogP contribution in [0, 0.1) is 10.7 Å². The molecule has 2 atom stereocenters. The van der Waals surface area contributed by atoms with Crippen molar-refractivity contribution in [2.75, 3.05) is 6.61 Å². The van der Waals surface area contributed by atoms with Gasteiger partial charge in [0.2, 0.25) is 0 Å². The summed E-state index contributed by atoms with van der Waals surface area (Å²) in [5.41, 5.74) is 0.905. The Labute approximate surface area is 138 Å². The van der Waals surface area contributed by atoms with Crippen molar-refractivity contribution in [1.82, 2.24) is 0 Å². The van der Waals surface area contributed by atoms with Crippen LogP contribution >= 0.6 is 0 Å². The Morgan fingerprint density at radius 1 is 1.05 bits per heavy atom. The van der Waals surface area contributed by atoms with Crippen LogP contribution in [0.3, 0.4) is 0 Å². The monoisotopic (exact) mass is 360 g/mol. The molecule has 0 aliphatic rings. The van der Waals surface area contributed by atoms with E-state index < -0.39 is 6.10 Å². The van der Waals surface area contributed by atoms with Gasteiger partial charge in [-0.25, -0.2) is 0 Å². The van der Waals surface area contributed by atoms with Gasteiger partial charge < -0.3 is 0 Å². The zero-order valence-electron chi connectivity index (χ0n) is 12.6. The van der Waals surface area contributed by atoms with Crippen molar-refractivity contribution in [2.24, 2.45) is 0 Å². The molecule has 22 heavy (non-hydrogen) atoms. The summed E-state index contributed by atoms with van der Waals surface area (Å²) in [6, 6.07) is 19.9. The van der Waals surface area contributed by atoms with Gasteiger partial charge in [0.25, 0.3) is 0 Å². The van der Waals surface area contributed by atoms with E-state index >= 15 is 0 Å². The molecule has 0 unspecified atom stereocenters. The van der Waals surface area contributed by atoms with Crippen molar-refractivity contribution in [3.8, 4) is 10.7 Å². The summed E-state index contributed by atoms with van der Waals surface area (Å²) in [6.07, 6.45) is -0.280. The summed E-state index contributed by atoms with van der Waals surface area (Å²) in [6.45, 7) is 2.55. The second-order valence-electron chi connectivity index (χ2n) is 4.77. The van der Waals surface area contributed by atoms with E-state index in [0.717, 1.165) is 5.56 Å². The van der Waals surface area contributed by atoms with Gasteiger partial charge in [0.1, 0.15) is 0 Å². The molecule has 0 amide bonds. The maximum atomic E-state index is 10.3. The van der Waals surface area contributed by atoms with Crippen molar-refractivity contribution >= 4 is 19.4 Å². The Kier molecular flexibility index (Phi) is 7.22. The number of hydrogen-bond acceptors (Lipinski definition) is 2. The number of ether oxygens (including phenoxy) is 1. The van der Waals surface area contributed by atoms with Crippen LogP contribution in [0.2, 0.25) is 0 Å². The minimum atomic E-state index is -0.545. The minimum absolute atomic E-state index is 0.119. The Morgan fingerprint density at radius 2 is 1.68 bits per heavy atom. The predicted octanol–water partition coefficient (Wildman–Crippen LogP) is 2.51. The van der Waals surface area contributed by atoms with E-state index in [0.29, 0.717) is 13.0 Å². The van der Waals surface area contributed by atoms with Crippen LogP contribution in [0.25, 0.3) is 0 Å². The molecule has 0 saturated heterocycles. The van der Waals surface area contributed by atoms with Crippen LogP contribution in [0.5, 0.6) is 0 Å². The topological polar surface area (TPSA) is 29.5 Å². The first-order chi connectivity index (χ1) is 10.8. The molecular weight excluding hydrogens is 339 g/mol. The van der Waals surface area contributed by atoms with Gasteiger partial charge in [-0.1, -0.05) is 0 Å². The number of hydrogen-bond donors (Lipinski definition) is 1. The summed E-state index contributed by atoms with van der Waals surface area (Å²) in [5.74, 6) is 3.17. The fraction of sp³-hybridized carbons (Fsp3) is 0.263. The van der Waals surface area contributed by atoms with Crippen LogP contribution in [0.1, 0.15) is 25.0 Å². The summed E-state index contributed by atoms with van der Waals surface area (Å²) >= 11 is 0.119. The van der Waals surface area contributed by atoms with Crippen LogP contribution in [-0.2, 0) is 4.74 Å². The molecular formula is C19H20O2Se. The van der Waals surface area contributed by atoms with Crippen molar-refractivity contribution in [3.05, 3.63) is 66.2 Å². The first kappa shape index (κ1) is 16.8. The zero-order valence-corrected chi connectivity index (χ0v) is 14.3. The van der Waals surface area contributed by atoms with Crippen LogP contribution < -0.4 is 4.46 Å². The molecule has 0 spiro atoms. The second kappa shape index (κ2) is 9.46. The van der Waals surface area contributed by atoms with Crippen molar-refractivity contribution in [3.63, 3.8) is 0 Å². The summed E-state index contributed by atoms with van der Waals surface area (Å²) in [4.78, 5) is 3.22. The van der Waals surface area contributed by atoms with Gasteiger partial charge in [-0.3, -0.25) is 0 Å². The molecule has 0 radical (unpaired) electrons. The summed E-state index contributed by atoms with van der Waals surface area (Å²) in [5, 5.41) is 10.3. The summed E-state index contributed by atoms with van der Waals surface area (Å²) in [7, 11) is 0. The number of aliphatic hydroxyl groups is 1. The van der Waals surface area contributed by atoms with Gasteiger partial charge in [0.15, 0.2) is 0 Å². The van der Waals surface area contributed by atoms with E-state index in [1.54, 1.807) is 0 Å². The quantitative estimate of drug-likeness (QED) is 0.634. The molecule has 0 fully saturated rings. The number of benzene rings is 2. The SMILES string of the molecule is CCO[C@@H](C#C[Se]c1ccccc1)C[C@H](O)c1ccccc1. The molecule has 114 valence electrons.